The molecule has 4 rings (SSSR count). The lowest BCUT2D eigenvalue weighted by molar-refractivity contribution is -0.127. The molecule has 0 spiro atoms. The number of anilines is 1. The minimum Gasteiger partial charge on any atom is -0.493 e. The Hall–Kier alpha value is -3.45. The van der Waals surface area contributed by atoms with E-state index in [9.17, 15) is 23.2 Å². The van der Waals surface area contributed by atoms with E-state index in [0.29, 0.717) is 38.0 Å². The molecular formula is C26H19F2IN2O5S. The van der Waals surface area contributed by atoms with E-state index in [1.807, 2.05) is 0 Å². The van der Waals surface area contributed by atoms with Crippen molar-refractivity contribution in [2.24, 2.45) is 0 Å². The van der Waals surface area contributed by atoms with Crippen LogP contribution in [0.3, 0.4) is 0 Å². The van der Waals surface area contributed by atoms with Crippen LogP contribution in [0.4, 0.5) is 19.3 Å². The van der Waals surface area contributed by atoms with Gasteiger partial charge in [0.1, 0.15) is 24.8 Å². The second-order valence-electron chi connectivity index (χ2n) is 7.78. The number of ether oxygens (including phenoxy) is 2. The van der Waals surface area contributed by atoms with Crippen LogP contribution in [0.2, 0.25) is 0 Å². The second kappa shape index (κ2) is 11.7. The number of benzene rings is 3. The number of thioether (sulfide) groups is 1. The Balaban J connectivity index is 1.47. The Kier molecular flexibility index (Phi) is 8.44. The standard InChI is InChI=1S/C26H19F2IN2O5S/c1-35-21-10-16(9-20(29)24(21)36-14-15-4-2-5-17(27)8-15)11-22-25(33)31(26(34)37-22)13-23(32)30-19-7-3-6-18(28)12-19/h2-12H,13-14H2,1H3,(H,30,32)/b22-11+. The van der Waals surface area contributed by atoms with Crippen molar-refractivity contribution in [3.63, 3.8) is 0 Å². The topological polar surface area (TPSA) is 84.9 Å². The van der Waals surface area contributed by atoms with E-state index in [4.69, 9.17) is 9.47 Å². The highest BCUT2D eigenvalue weighted by Crippen LogP contribution is 2.37. The fraction of sp³-hybridized carbons (Fsp3) is 0.115. The summed E-state index contributed by atoms with van der Waals surface area (Å²) in [4.78, 5) is 38.6. The van der Waals surface area contributed by atoms with E-state index >= 15 is 0 Å². The average Bonchev–Trinajstić information content (AvgIpc) is 3.10. The fourth-order valence-corrected chi connectivity index (χ4v) is 5.06. The van der Waals surface area contributed by atoms with Crippen LogP contribution in [0.25, 0.3) is 6.08 Å². The quantitative estimate of drug-likeness (QED) is 0.248. The van der Waals surface area contributed by atoms with Gasteiger partial charge in [-0.3, -0.25) is 19.3 Å². The number of hydrogen-bond acceptors (Lipinski definition) is 6. The average molecular weight is 636 g/mol. The third-order valence-corrected chi connectivity index (χ3v) is 6.81. The first kappa shape index (κ1) is 26.6. The lowest BCUT2D eigenvalue weighted by atomic mass is 10.1. The van der Waals surface area contributed by atoms with Gasteiger partial charge in [-0.25, -0.2) is 8.78 Å². The van der Waals surface area contributed by atoms with Crippen molar-refractivity contribution in [3.8, 4) is 11.5 Å². The van der Waals surface area contributed by atoms with Crippen molar-refractivity contribution in [2.75, 3.05) is 19.0 Å². The Morgan fingerprint density at radius 2 is 1.81 bits per heavy atom. The molecule has 0 bridgehead atoms. The van der Waals surface area contributed by atoms with Crippen LogP contribution in [0.1, 0.15) is 11.1 Å². The number of nitrogens with one attached hydrogen (secondary N) is 1. The molecule has 1 fully saturated rings. The zero-order valence-electron chi connectivity index (χ0n) is 19.3. The molecule has 1 heterocycles. The number of carbonyl (C=O) groups excluding carboxylic acids is 3. The zero-order valence-corrected chi connectivity index (χ0v) is 22.3. The molecule has 7 nitrogen and oxygen atoms in total. The Morgan fingerprint density at radius 1 is 1.08 bits per heavy atom. The molecule has 3 amide bonds. The van der Waals surface area contributed by atoms with Gasteiger partial charge in [0.25, 0.3) is 11.1 Å². The first-order valence-electron chi connectivity index (χ1n) is 10.8. The van der Waals surface area contributed by atoms with Crippen LogP contribution in [-0.4, -0.2) is 35.6 Å². The molecule has 0 atom stereocenters. The van der Waals surface area contributed by atoms with E-state index < -0.39 is 29.4 Å². The van der Waals surface area contributed by atoms with Crippen LogP contribution >= 0.6 is 34.4 Å². The molecule has 1 saturated heterocycles. The maximum atomic E-state index is 13.5. The fourth-order valence-electron chi connectivity index (χ4n) is 3.44. The molecule has 0 aromatic heterocycles. The summed E-state index contributed by atoms with van der Waals surface area (Å²) < 4.78 is 38.8. The molecule has 0 aliphatic carbocycles. The molecule has 1 aliphatic heterocycles. The number of amides is 3. The monoisotopic (exact) mass is 636 g/mol. The molecule has 190 valence electrons. The summed E-state index contributed by atoms with van der Waals surface area (Å²) in [5.41, 5.74) is 1.44. The lowest BCUT2D eigenvalue weighted by Gasteiger charge is -2.14. The van der Waals surface area contributed by atoms with Crippen molar-refractivity contribution in [3.05, 3.63) is 91.9 Å². The van der Waals surface area contributed by atoms with Gasteiger partial charge < -0.3 is 14.8 Å². The molecule has 0 saturated carbocycles. The third kappa shape index (κ3) is 6.66. The van der Waals surface area contributed by atoms with E-state index in [0.717, 1.165) is 11.0 Å². The molecular weight excluding hydrogens is 617 g/mol. The molecule has 1 aliphatic rings. The van der Waals surface area contributed by atoms with Crippen LogP contribution in [0.5, 0.6) is 11.5 Å². The van der Waals surface area contributed by atoms with Gasteiger partial charge in [0.2, 0.25) is 5.91 Å². The van der Waals surface area contributed by atoms with E-state index in [1.165, 1.54) is 43.5 Å². The molecule has 3 aromatic carbocycles. The zero-order chi connectivity index (χ0) is 26.5. The van der Waals surface area contributed by atoms with Crippen LogP contribution in [0, 0.1) is 15.2 Å². The molecule has 3 aromatic rings. The normalized spacial score (nSPS) is 14.3. The van der Waals surface area contributed by atoms with Gasteiger partial charge in [0.15, 0.2) is 11.5 Å². The predicted molar refractivity (Wildman–Crippen MR) is 144 cm³/mol. The van der Waals surface area contributed by atoms with Crippen molar-refractivity contribution in [1.82, 2.24) is 4.90 Å². The van der Waals surface area contributed by atoms with Gasteiger partial charge in [-0.05, 0) is 94.0 Å². The van der Waals surface area contributed by atoms with Crippen molar-refractivity contribution in [2.45, 2.75) is 6.61 Å². The summed E-state index contributed by atoms with van der Waals surface area (Å²) in [5, 5.41) is 1.87. The van der Waals surface area contributed by atoms with Gasteiger partial charge in [0, 0.05) is 5.69 Å². The summed E-state index contributed by atoms with van der Waals surface area (Å²) in [6.07, 6.45) is 1.52. The summed E-state index contributed by atoms with van der Waals surface area (Å²) in [6, 6.07) is 14.7. The number of hydrogen-bond donors (Lipinski definition) is 1. The summed E-state index contributed by atoms with van der Waals surface area (Å²) in [5.74, 6) is -1.30. The maximum Gasteiger partial charge on any atom is 0.294 e. The van der Waals surface area contributed by atoms with E-state index in [1.54, 1.807) is 24.3 Å². The molecule has 0 radical (unpaired) electrons. The Morgan fingerprint density at radius 3 is 2.51 bits per heavy atom. The van der Waals surface area contributed by atoms with Crippen molar-refractivity contribution in [1.29, 1.82) is 0 Å². The number of methoxy groups -OCH3 is 1. The van der Waals surface area contributed by atoms with Gasteiger partial charge in [-0.15, -0.1) is 0 Å². The largest absolute Gasteiger partial charge is 0.493 e. The second-order valence-corrected chi connectivity index (χ2v) is 9.93. The molecule has 1 N–H and O–H groups in total. The number of rotatable bonds is 8. The number of imide groups is 1. The lowest BCUT2D eigenvalue weighted by Crippen LogP contribution is -2.36. The van der Waals surface area contributed by atoms with Crippen LogP contribution in [-0.2, 0) is 16.2 Å². The first-order chi connectivity index (χ1) is 17.7. The van der Waals surface area contributed by atoms with Gasteiger partial charge in [-0.1, -0.05) is 18.2 Å². The highest BCUT2D eigenvalue weighted by atomic mass is 127. The Bertz CT molecular complexity index is 1420. The summed E-state index contributed by atoms with van der Waals surface area (Å²) in [7, 11) is 1.47. The first-order valence-corrected chi connectivity index (χ1v) is 12.7. The third-order valence-electron chi connectivity index (χ3n) is 5.11. The highest BCUT2D eigenvalue weighted by Gasteiger charge is 2.36. The summed E-state index contributed by atoms with van der Waals surface area (Å²) >= 11 is 2.76. The molecule has 11 heteroatoms. The van der Waals surface area contributed by atoms with Crippen LogP contribution in [0.15, 0.2) is 65.6 Å². The summed E-state index contributed by atoms with van der Waals surface area (Å²) in [6.45, 7) is -0.383. The maximum absolute atomic E-state index is 13.5. The van der Waals surface area contributed by atoms with Gasteiger partial charge >= 0.3 is 0 Å². The highest BCUT2D eigenvalue weighted by molar-refractivity contribution is 14.1. The minimum absolute atomic E-state index is 0.125. The predicted octanol–water partition coefficient (Wildman–Crippen LogP) is 5.83. The van der Waals surface area contributed by atoms with Gasteiger partial charge in [0.05, 0.1) is 15.6 Å². The van der Waals surface area contributed by atoms with Crippen molar-refractivity contribution < 1.29 is 32.6 Å². The Labute approximate surface area is 229 Å². The number of carbonyl (C=O) groups is 3. The van der Waals surface area contributed by atoms with Crippen LogP contribution < -0.4 is 14.8 Å². The minimum atomic E-state index is -0.634. The smallest absolute Gasteiger partial charge is 0.294 e. The van der Waals surface area contributed by atoms with E-state index in [2.05, 4.69) is 27.9 Å². The number of nitrogens with zero attached hydrogens (tertiary/aromatic N) is 1. The molecule has 0 unspecified atom stereocenters. The SMILES string of the molecule is COc1cc(/C=C2/SC(=O)N(CC(=O)Nc3cccc(F)c3)C2=O)cc(I)c1OCc1cccc(F)c1. The van der Waals surface area contributed by atoms with E-state index in [-0.39, 0.29) is 23.0 Å². The van der Waals surface area contributed by atoms with Crippen molar-refractivity contribution >= 4 is 63.2 Å². The van der Waals surface area contributed by atoms with Gasteiger partial charge in [-0.2, -0.15) is 0 Å². The number of halogens is 3. The molecule has 37 heavy (non-hydrogen) atoms.